The number of hydrogen-bond donors (Lipinski definition) is 1. The standard InChI is InChI=1S/C17H22N2/c1-12-13(2)19-17-10-6-5-9-15(17)16(12)11-18-14-7-3-4-8-14/h5-6,9-10,14,18H,3-4,7-8,11H2,1-2H3. The van der Waals surface area contributed by atoms with Crippen LogP contribution in [-0.2, 0) is 6.54 Å². The number of nitrogens with one attached hydrogen (secondary N) is 1. The van der Waals surface area contributed by atoms with Crippen LogP contribution in [0.25, 0.3) is 10.9 Å². The monoisotopic (exact) mass is 254 g/mol. The highest BCUT2D eigenvalue weighted by Crippen LogP contribution is 2.24. The number of aryl methyl sites for hydroxylation is 1. The Morgan fingerprint density at radius 2 is 1.89 bits per heavy atom. The number of benzene rings is 1. The molecule has 1 aliphatic rings. The average Bonchev–Trinajstić information content (AvgIpc) is 2.92. The largest absolute Gasteiger partial charge is 0.310 e. The second kappa shape index (κ2) is 5.30. The summed E-state index contributed by atoms with van der Waals surface area (Å²) in [5, 5.41) is 5.03. The summed E-state index contributed by atoms with van der Waals surface area (Å²) in [6, 6.07) is 9.20. The van der Waals surface area contributed by atoms with Crippen molar-refractivity contribution < 1.29 is 0 Å². The van der Waals surface area contributed by atoms with Crippen molar-refractivity contribution in [1.82, 2.24) is 10.3 Å². The third kappa shape index (κ3) is 2.50. The molecular weight excluding hydrogens is 232 g/mol. The highest BCUT2D eigenvalue weighted by molar-refractivity contribution is 5.83. The van der Waals surface area contributed by atoms with Gasteiger partial charge in [-0.05, 0) is 43.9 Å². The van der Waals surface area contributed by atoms with Gasteiger partial charge in [0.25, 0.3) is 0 Å². The molecule has 0 aliphatic heterocycles. The normalized spacial score (nSPS) is 16.3. The van der Waals surface area contributed by atoms with E-state index in [0.29, 0.717) is 6.04 Å². The number of hydrogen-bond acceptors (Lipinski definition) is 2. The van der Waals surface area contributed by atoms with Crippen molar-refractivity contribution in [3.05, 3.63) is 41.1 Å². The van der Waals surface area contributed by atoms with Crippen LogP contribution in [0.3, 0.4) is 0 Å². The molecule has 1 fully saturated rings. The SMILES string of the molecule is Cc1nc2ccccc2c(CNC2CCCC2)c1C. The summed E-state index contributed by atoms with van der Waals surface area (Å²) < 4.78 is 0. The van der Waals surface area contributed by atoms with Crippen molar-refractivity contribution >= 4 is 10.9 Å². The second-order valence-electron chi connectivity index (χ2n) is 5.68. The Balaban J connectivity index is 1.93. The maximum atomic E-state index is 4.69. The van der Waals surface area contributed by atoms with Crippen molar-refractivity contribution in [1.29, 1.82) is 0 Å². The molecule has 0 amide bonds. The van der Waals surface area contributed by atoms with E-state index in [1.54, 1.807) is 0 Å². The van der Waals surface area contributed by atoms with Crippen LogP contribution in [0.5, 0.6) is 0 Å². The van der Waals surface area contributed by atoms with Crippen molar-refractivity contribution in [2.75, 3.05) is 0 Å². The van der Waals surface area contributed by atoms with Gasteiger partial charge < -0.3 is 5.32 Å². The zero-order chi connectivity index (χ0) is 13.2. The average molecular weight is 254 g/mol. The number of pyridine rings is 1. The Kier molecular flexibility index (Phi) is 3.52. The van der Waals surface area contributed by atoms with Crippen LogP contribution >= 0.6 is 0 Å². The molecule has 2 heteroatoms. The van der Waals surface area contributed by atoms with Crippen molar-refractivity contribution in [2.45, 2.75) is 52.1 Å². The Morgan fingerprint density at radius 3 is 2.68 bits per heavy atom. The van der Waals surface area contributed by atoms with Crippen molar-refractivity contribution in [3.63, 3.8) is 0 Å². The molecule has 1 N–H and O–H groups in total. The molecule has 0 saturated heterocycles. The molecule has 1 saturated carbocycles. The minimum absolute atomic E-state index is 0.714. The van der Waals surface area contributed by atoms with Gasteiger partial charge in [-0.1, -0.05) is 31.0 Å². The Labute approximate surface area is 115 Å². The molecule has 2 nitrogen and oxygen atoms in total. The van der Waals surface area contributed by atoms with E-state index < -0.39 is 0 Å². The Bertz CT molecular complexity index is 583. The molecule has 1 aromatic heterocycles. The summed E-state index contributed by atoms with van der Waals surface area (Å²) in [6.45, 7) is 5.28. The minimum atomic E-state index is 0.714. The van der Waals surface area contributed by atoms with Gasteiger partial charge in [-0.15, -0.1) is 0 Å². The van der Waals surface area contributed by atoms with Crippen LogP contribution < -0.4 is 5.32 Å². The molecule has 3 rings (SSSR count). The summed E-state index contributed by atoms with van der Waals surface area (Å²) >= 11 is 0. The maximum Gasteiger partial charge on any atom is 0.0708 e. The molecule has 0 radical (unpaired) electrons. The zero-order valence-corrected chi connectivity index (χ0v) is 11.9. The van der Waals surface area contributed by atoms with E-state index in [1.807, 2.05) is 0 Å². The van der Waals surface area contributed by atoms with Gasteiger partial charge in [-0.25, -0.2) is 0 Å². The second-order valence-corrected chi connectivity index (χ2v) is 5.68. The molecule has 100 valence electrons. The molecule has 1 heterocycles. The summed E-state index contributed by atoms with van der Waals surface area (Å²) in [5.74, 6) is 0. The number of aromatic nitrogens is 1. The lowest BCUT2D eigenvalue weighted by molar-refractivity contribution is 0.524. The predicted octanol–water partition coefficient (Wildman–Crippen LogP) is 3.88. The number of rotatable bonds is 3. The van der Waals surface area contributed by atoms with Crippen LogP contribution in [0.4, 0.5) is 0 Å². The lowest BCUT2D eigenvalue weighted by atomic mass is 10.0. The zero-order valence-electron chi connectivity index (χ0n) is 11.9. The molecule has 2 aromatic rings. The van der Waals surface area contributed by atoms with Crippen LogP contribution in [0.15, 0.2) is 24.3 Å². The van der Waals surface area contributed by atoms with Gasteiger partial charge in [0, 0.05) is 23.7 Å². The van der Waals surface area contributed by atoms with Crippen LogP contribution in [0.2, 0.25) is 0 Å². The lowest BCUT2D eigenvalue weighted by Gasteiger charge is -2.16. The Hall–Kier alpha value is -1.41. The number of para-hydroxylation sites is 1. The molecule has 0 bridgehead atoms. The lowest BCUT2D eigenvalue weighted by Crippen LogP contribution is -2.26. The summed E-state index contributed by atoms with van der Waals surface area (Å²) in [4.78, 5) is 4.69. The molecule has 1 aliphatic carbocycles. The Morgan fingerprint density at radius 1 is 1.16 bits per heavy atom. The predicted molar refractivity (Wildman–Crippen MR) is 80.3 cm³/mol. The molecule has 0 unspecified atom stereocenters. The smallest absolute Gasteiger partial charge is 0.0708 e. The van der Waals surface area contributed by atoms with Crippen LogP contribution in [0, 0.1) is 13.8 Å². The third-order valence-electron chi connectivity index (χ3n) is 4.44. The fourth-order valence-electron chi connectivity index (χ4n) is 3.12. The van der Waals surface area contributed by atoms with E-state index >= 15 is 0 Å². The first kappa shape index (κ1) is 12.6. The maximum absolute atomic E-state index is 4.69. The van der Waals surface area contributed by atoms with Gasteiger partial charge in [0.2, 0.25) is 0 Å². The quantitative estimate of drug-likeness (QED) is 0.899. The van der Waals surface area contributed by atoms with E-state index in [1.165, 1.54) is 42.2 Å². The first-order chi connectivity index (χ1) is 9.25. The van der Waals surface area contributed by atoms with Gasteiger partial charge in [-0.3, -0.25) is 4.98 Å². The van der Waals surface area contributed by atoms with Gasteiger partial charge >= 0.3 is 0 Å². The first-order valence-corrected chi connectivity index (χ1v) is 7.34. The van der Waals surface area contributed by atoms with Gasteiger partial charge in [0.15, 0.2) is 0 Å². The highest BCUT2D eigenvalue weighted by atomic mass is 14.9. The van der Waals surface area contributed by atoms with E-state index in [0.717, 1.165) is 17.8 Å². The minimum Gasteiger partial charge on any atom is -0.310 e. The number of nitrogens with zero attached hydrogens (tertiary/aromatic N) is 1. The molecule has 19 heavy (non-hydrogen) atoms. The first-order valence-electron chi connectivity index (χ1n) is 7.34. The summed E-state index contributed by atoms with van der Waals surface area (Å²) in [5.41, 5.74) is 5.04. The molecule has 1 aromatic carbocycles. The molecule has 0 spiro atoms. The molecular formula is C17H22N2. The third-order valence-corrected chi connectivity index (χ3v) is 4.44. The molecule has 0 atom stereocenters. The van der Waals surface area contributed by atoms with Crippen molar-refractivity contribution in [2.24, 2.45) is 0 Å². The van der Waals surface area contributed by atoms with Gasteiger partial charge in [-0.2, -0.15) is 0 Å². The van der Waals surface area contributed by atoms with Crippen LogP contribution in [-0.4, -0.2) is 11.0 Å². The van der Waals surface area contributed by atoms with E-state index in [2.05, 4.69) is 48.4 Å². The topological polar surface area (TPSA) is 24.9 Å². The van der Waals surface area contributed by atoms with Crippen LogP contribution in [0.1, 0.15) is 42.5 Å². The van der Waals surface area contributed by atoms with E-state index in [4.69, 9.17) is 0 Å². The summed E-state index contributed by atoms with van der Waals surface area (Å²) in [6.07, 6.45) is 5.43. The van der Waals surface area contributed by atoms with E-state index in [9.17, 15) is 0 Å². The fraction of sp³-hybridized carbons (Fsp3) is 0.471. The van der Waals surface area contributed by atoms with Gasteiger partial charge in [0.05, 0.1) is 5.52 Å². The fourth-order valence-corrected chi connectivity index (χ4v) is 3.12. The summed E-state index contributed by atoms with van der Waals surface area (Å²) in [7, 11) is 0. The van der Waals surface area contributed by atoms with Crippen molar-refractivity contribution in [3.8, 4) is 0 Å². The number of fused-ring (bicyclic) bond motifs is 1. The highest BCUT2D eigenvalue weighted by Gasteiger charge is 2.15. The van der Waals surface area contributed by atoms with Gasteiger partial charge in [0.1, 0.15) is 0 Å². The van der Waals surface area contributed by atoms with E-state index in [-0.39, 0.29) is 0 Å².